The van der Waals surface area contributed by atoms with Crippen LogP contribution in [0.1, 0.15) is 37.5 Å². The van der Waals surface area contributed by atoms with Crippen molar-refractivity contribution in [2.45, 2.75) is 40.0 Å². The van der Waals surface area contributed by atoms with Crippen LogP contribution >= 0.6 is 0 Å². The molecule has 0 saturated heterocycles. The summed E-state index contributed by atoms with van der Waals surface area (Å²) in [5.74, 6) is 0. The minimum Gasteiger partial charge on any atom is -0.0584 e. The van der Waals surface area contributed by atoms with Crippen LogP contribution in [0.25, 0.3) is 0 Å². The Hall–Kier alpha value is -0.780. The first-order chi connectivity index (χ1) is 5.43. The van der Waals surface area contributed by atoms with Crippen LogP contribution in [0.2, 0.25) is 0 Å². The Morgan fingerprint density at radius 1 is 1.17 bits per heavy atom. The third kappa shape index (κ3) is 1.69. The van der Waals surface area contributed by atoms with Crippen LogP contribution in [-0.4, -0.2) is 0 Å². The van der Waals surface area contributed by atoms with Gasteiger partial charge in [0.2, 0.25) is 0 Å². The van der Waals surface area contributed by atoms with Gasteiger partial charge < -0.3 is 0 Å². The molecule has 0 N–H and O–H groups in total. The van der Waals surface area contributed by atoms with Crippen molar-refractivity contribution in [2.24, 2.45) is 0 Å². The van der Waals surface area contributed by atoms with Crippen LogP contribution < -0.4 is 0 Å². The molecule has 0 heterocycles. The molecule has 12 heavy (non-hydrogen) atoms. The van der Waals surface area contributed by atoms with Gasteiger partial charge in [0.15, 0.2) is 0 Å². The highest BCUT2D eigenvalue weighted by molar-refractivity contribution is 5.37. The number of hydrogen-bond acceptors (Lipinski definition) is 0. The molecule has 0 atom stereocenters. The Balaban J connectivity index is 3.31. The molecule has 0 aromatic heterocycles. The molecule has 0 nitrogen and oxygen atoms in total. The van der Waals surface area contributed by atoms with E-state index in [2.05, 4.69) is 46.8 Å². The standard InChI is InChI=1S/C12H17/c1-9-7-6-8-10(2)11(9)12(3,4)5/h6-7H,1-5H3. The summed E-state index contributed by atoms with van der Waals surface area (Å²) < 4.78 is 0. The zero-order chi connectivity index (χ0) is 9.35. The van der Waals surface area contributed by atoms with E-state index in [0.29, 0.717) is 0 Å². The summed E-state index contributed by atoms with van der Waals surface area (Å²) in [5, 5.41) is 0. The van der Waals surface area contributed by atoms with Crippen molar-refractivity contribution in [3.05, 3.63) is 34.9 Å². The number of aryl methyl sites for hydroxylation is 2. The van der Waals surface area contributed by atoms with E-state index in [0.717, 1.165) is 0 Å². The Morgan fingerprint density at radius 2 is 1.75 bits per heavy atom. The van der Waals surface area contributed by atoms with Crippen LogP contribution in [-0.2, 0) is 5.41 Å². The Morgan fingerprint density at radius 3 is 2.08 bits per heavy atom. The Bertz CT molecular complexity index is 256. The van der Waals surface area contributed by atoms with E-state index in [1.54, 1.807) is 0 Å². The fraction of sp³-hybridized carbons (Fsp3) is 0.500. The molecule has 0 bridgehead atoms. The van der Waals surface area contributed by atoms with Crippen LogP contribution in [0.4, 0.5) is 0 Å². The van der Waals surface area contributed by atoms with Crippen LogP contribution in [0.3, 0.4) is 0 Å². The van der Waals surface area contributed by atoms with Crippen LogP contribution in [0, 0.1) is 19.9 Å². The first kappa shape index (κ1) is 9.31. The molecule has 1 radical (unpaired) electrons. The summed E-state index contributed by atoms with van der Waals surface area (Å²) in [6, 6.07) is 7.38. The molecule has 0 aliphatic heterocycles. The van der Waals surface area contributed by atoms with E-state index in [-0.39, 0.29) is 5.41 Å². The molecular weight excluding hydrogens is 144 g/mol. The van der Waals surface area contributed by atoms with Crippen molar-refractivity contribution < 1.29 is 0 Å². The van der Waals surface area contributed by atoms with Gasteiger partial charge in [-0.3, -0.25) is 0 Å². The lowest BCUT2D eigenvalue weighted by molar-refractivity contribution is 0.582. The van der Waals surface area contributed by atoms with Crippen molar-refractivity contribution in [3.63, 3.8) is 0 Å². The molecule has 1 rings (SSSR count). The maximum absolute atomic E-state index is 3.25. The predicted molar refractivity (Wildman–Crippen MR) is 53.5 cm³/mol. The van der Waals surface area contributed by atoms with Gasteiger partial charge in [-0.2, -0.15) is 0 Å². The van der Waals surface area contributed by atoms with Crippen molar-refractivity contribution in [2.75, 3.05) is 0 Å². The van der Waals surface area contributed by atoms with E-state index in [1.807, 2.05) is 6.07 Å². The normalized spacial score (nSPS) is 11.8. The zero-order valence-electron chi connectivity index (χ0n) is 8.65. The highest BCUT2D eigenvalue weighted by atomic mass is 14.2. The molecule has 1 aromatic carbocycles. The minimum absolute atomic E-state index is 0.242. The summed E-state index contributed by atoms with van der Waals surface area (Å²) in [4.78, 5) is 0. The van der Waals surface area contributed by atoms with Crippen molar-refractivity contribution in [1.82, 2.24) is 0 Å². The lowest BCUT2D eigenvalue weighted by atomic mass is 9.81. The van der Waals surface area contributed by atoms with E-state index < -0.39 is 0 Å². The fourth-order valence-electron chi connectivity index (χ4n) is 1.90. The summed E-state index contributed by atoms with van der Waals surface area (Å²) >= 11 is 0. The zero-order valence-corrected chi connectivity index (χ0v) is 8.65. The highest BCUT2D eigenvalue weighted by Gasteiger charge is 2.17. The highest BCUT2D eigenvalue weighted by Crippen LogP contribution is 2.27. The molecule has 0 unspecified atom stereocenters. The number of hydrogen-bond donors (Lipinski definition) is 0. The Labute approximate surface area is 75.6 Å². The second kappa shape index (κ2) is 2.93. The minimum atomic E-state index is 0.242. The average Bonchev–Trinajstić information content (AvgIpc) is 1.82. The molecule has 0 heteroatoms. The summed E-state index contributed by atoms with van der Waals surface area (Å²) in [5.41, 5.74) is 4.33. The molecule has 0 aliphatic rings. The van der Waals surface area contributed by atoms with Gasteiger partial charge >= 0.3 is 0 Å². The third-order valence-electron chi connectivity index (χ3n) is 2.15. The SMILES string of the molecule is Cc1[c]ccc(C)c1C(C)(C)C. The van der Waals surface area contributed by atoms with Gasteiger partial charge in [0.1, 0.15) is 0 Å². The fourth-order valence-corrected chi connectivity index (χ4v) is 1.90. The number of benzene rings is 1. The monoisotopic (exact) mass is 161 g/mol. The first-order valence-electron chi connectivity index (χ1n) is 4.41. The Kier molecular flexibility index (Phi) is 2.27. The topological polar surface area (TPSA) is 0 Å². The molecule has 65 valence electrons. The maximum Gasteiger partial charge on any atom is -0.0126 e. The predicted octanol–water partition coefficient (Wildman–Crippen LogP) is 3.40. The van der Waals surface area contributed by atoms with Gasteiger partial charge in [-0.05, 0) is 42.0 Å². The maximum atomic E-state index is 3.25. The molecule has 0 saturated carbocycles. The average molecular weight is 161 g/mol. The van der Waals surface area contributed by atoms with Crippen molar-refractivity contribution >= 4 is 0 Å². The van der Waals surface area contributed by atoms with Gasteiger partial charge in [0.05, 0.1) is 0 Å². The van der Waals surface area contributed by atoms with Gasteiger partial charge in [0.25, 0.3) is 0 Å². The number of rotatable bonds is 0. The van der Waals surface area contributed by atoms with Crippen LogP contribution in [0.15, 0.2) is 12.1 Å². The van der Waals surface area contributed by atoms with Crippen molar-refractivity contribution in [1.29, 1.82) is 0 Å². The smallest absolute Gasteiger partial charge is 0.0126 e. The third-order valence-corrected chi connectivity index (χ3v) is 2.15. The summed E-state index contributed by atoms with van der Waals surface area (Å²) in [6.07, 6.45) is 0. The lowest BCUT2D eigenvalue weighted by Gasteiger charge is -2.23. The second-order valence-electron chi connectivity index (χ2n) is 4.41. The van der Waals surface area contributed by atoms with E-state index in [9.17, 15) is 0 Å². The van der Waals surface area contributed by atoms with E-state index in [4.69, 9.17) is 0 Å². The quantitative estimate of drug-likeness (QED) is 0.547. The molecule has 0 amide bonds. The summed E-state index contributed by atoms with van der Waals surface area (Å²) in [6.45, 7) is 11.0. The molecule has 0 aliphatic carbocycles. The molecule has 1 aromatic rings. The van der Waals surface area contributed by atoms with E-state index in [1.165, 1.54) is 16.7 Å². The van der Waals surface area contributed by atoms with Gasteiger partial charge in [-0.1, -0.05) is 32.9 Å². The second-order valence-corrected chi connectivity index (χ2v) is 4.41. The van der Waals surface area contributed by atoms with Gasteiger partial charge in [-0.15, -0.1) is 0 Å². The summed E-state index contributed by atoms with van der Waals surface area (Å²) in [7, 11) is 0. The molecular formula is C12H17. The van der Waals surface area contributed by atoms with E-state index >= 15 is 0 Å². The molecule has 0 spiro atoms. The van der Waals surface area contributed by atoms with Crippen LogP contribution in [0.5, 0.6) is 0 Å². The lowest BCUT2D eigenvalue weighted by Crippen LogP contribution is -2.14. The molecule has 0 fully saturated rings. The first-order valence-corrected chi connectivity index (χ1v) is 4.41. The van der Waals surface area contributed by atoms with Gasteiger partial charge in [-0.25, -0.2) is 0 Å². The van der Waals surface area contributed by atoms with Crippen molar-refractivity contribution in [3.8, 4) is 0 Å². The largest absolute Gasteiger partial charge is 0.0584 e. The van der Waals surface area contributed by atoms with Gasteiger partial charge in [0, 0.05) is 0 Å².